The fourth-order valence-corrected chi connectivity index (χ4v) is 5.79. The van der Waals surface area contributed by atoms with Crippen molar-refractivity contribution in [2.45, 2.75) is 4.90 Å². The molecule has 5 rings (SSSR count). The van der Waals surface area contributed by atoms with Crippen molar-refractivity contribution in [1.82, 2.24) is 19.3 Å². The van der Waals surface area contributed by atoms with E-state index in [4.69, 9.17) is 15.2 Å². The summed E-state index contributed by atoms with van der Waals surface area (Å²) in [5.41, 5.74) is 2.05. The second-order valence-electron chi connectivity index (χ2n) is 7.79. The van der Waals surface area contributed by atoms with Crippen LogP contribution in [0.3, 0.4) is 0 Å². The van der Waals surface area contributed by atoms with Crippen LogP contribution in [0.25, 0.3) is 10.7 Å². The van der Waals surface area contributed by atoms with E-state index in [0.717, 1.165) is 10.7 Å². The molecular formula is C24H21N7O2S2. The maximum atomic E-state index is 13.0. The highest BCUT2D eigenvalue weighted by molar-refractivity contribution is 7.89. The molecule has 1 aliphatic rings. The van der Waals surface area contributed by atoms with Crippen molar-refractivity contribution in [3.63, 3.8) is 0 Å². The van der Waals surface area contributed by atoms with E-state index >= 15 is 0 Å². The summed E-state index contributed by atoms with van der Waals surface area (Å²) < 4.78 is 27.5. The molecule has 11 heteroatoms. The van der Waals surface area contributed by atoms with Gasteiger partial charge in [0.2, 0.25) is 16.0 Å². The molecule has 0 unspecified atom stereocenters. The molecule has 1 saturated heterocycles. The normalized spacial score (nSPS) is 14.4. The number of nitriles is 1. The third-order valence-electron chi connectivity index (χ3n) is 5.55. The Bertz CT molecular complexity index is 1440. The van der Waals surface area contributed by atoms with Crippen LogP contribution >= 0.6 is 11.3 Å². The minimum absolute atomic E-state index is 0.296. The standard InChI is InChI=1S/C24H21N7O2S2/c25-17-18-6-8-19(9-7-18)27-22-16-21(23-26-10-15-34-23)28-24(29-22)30-11-13-31(14-12-30)35(32,33)20-4-2-1-3-5-20/h1-10,15-16H,11-14H2,(H,27,28,29). The maximum Gasteiger partial charge on any atom is 0.243 e. The van der Waals surface area contributed by atoms with Crippen molar-refractivity contribution in [3.8, 4) is 16.8 Å². The molecule has 35 heavy (non-hydrogen) atoms. The zero-order valence-corrected chi connectivity index (χ0v) is 20.2. The van der Waals surface area contributed by atoms with Crippen LogP contribution in [0.5, 0.6) is 0 Å². The largest absolute Gasteiger partial charge is 0.340 e. The molecule has 2 aromatic heterocycles. The van der Waals surface area contributed by atoms with Gasteiger partial charge in [-0.3, -0.25) is 0 Å². The van der Waals surface area contributed by atoms with Gasteiger partial charge in [-0.25, -0.2) is 18.4 Å². The van der Waals surface area contributed by atoms with E-state index in [2.05, 4.69) is 16.4 Å². The number of thiazole rings is 1. The highest BCUT2D eigenvalue weighted by Crippen LogP contribution is 2.27. The fraction of sp³-hybridized carbons (Fsp3) is 0.167. The van der Waals surface area contributed by atoms with Crippen LogP contribution in [0.2, 0.25) is 0 Å². The topological polar surface area (TPSA) is 115 Å². The molecule has 3 heterocycles. The Labute approximate surface area is 207 Å². The predicted octanol–water partition coefficient (Wildman–Crippen LogP) is 3.73. The second kappa shape index (κ2) is 9.79. The van der Waals surface area contributed by atoms with Crippen molar-refractivity contribution in [2.75, 3.05) is 36.4 Å². The van der Waals surface area contributed by atoms with Crippen molar-refractivity contribution in [3.05, 3.63) is 77.8 Å². The van der Waals surface area contributed by atoms with E-state index in [1.54, 1.807) is 48.7 Å². The van der Waals surface area contributed by atoms with Crippen LogP contribution in [0.4, 0.5) is 17.5 Å². The average molecular weight is 504 g/mol. The zero-order valence-electron chi connectivity index (χ0n) is 18.6. The van der Waals surface area contributed by atoms with E-state index in [1.165, 1.54) is 15.6 Å². The summed E-state index contributed by atoms with van der Waals surface area (Å²) >= 11 is 1.48. The summed E-state index contributed by atoms with van der Waals surface area (Å²) in [5.74, 6) is 1.09. The molecule has 0 bridgehead atoms. The van der Waals surface area contributed by atoms with Crippen molar-refractivity contribution in [1.29, 1.82) is 5.26 Å². The number of anilines is 3. The Hall–Kier alpha value is -3.85. The molecule has 0 radical (unpaired) electrons. The quantitative estimate of drug-likeness (QED) is 0.423. The van der Waals surface area contributed by atoms with Gasteiger partial charge in [0, 0.05) is 49.5 Å². The SMILES string of the molecule is N#Cc1ccc(Nc2cc(-c3nccs3)nc(N3CCN(S(=O)(=O)c4ccccc4)CC3)n2)cc1. The highest BCUT2D eigenvalue weighted by Gasteiger charge is 2.29. The van der Waals surface area contributed by atoms with Gasteiger partial charge in [0.25, 0.3) is 0 Å². The number of hydrogen-bond acceptors (Lipinski definition) is 9. The fourth-order valence-electron chi connectivity index (χ4n) is 3.75. The number of aromatic nitrogens is 3. The van der Waals surface area contributed by atoms with Gasteiger partial charge in [-0.15, -0.1) is 11.3 Å². The first kappa shape index (κ1) is 22.9. The van der Waals surface area contributed by atoms with Gasteiger partial charge < -0.3 is 10.2 Å². The molecule has 2 aromatic carbocycles. The van der Waals surface area contributed by atoms with Gasteiger partial charge >= 0.3 is 0 Å². The maximum absolute atomic E-state index is 13.0. The van der Waals surface area contributed by atoms with E-state index in [1.807, 2.05) is 28.5 Å². The number of sulfonamides is 1. The monoisotopic (exact) mass is 503 g/mol. The molecule has 0 amide bonds. The van der Waals surface area contributed by atoms with E-state index in [0.29, 0.717) is 54.1 Å². The highest BCUT2D eigenvalue weighted by atomic mass is 32.2. The van der Waals surface area contributed by atoms with Crippen molar-refractivity contribution < 1.29 is 8.42 Å². The number of hydrogen-bond donors (Lipinski definition) is 1. The Balaban J connectivity index is 1.38. The zero-order chi connectivity index (χ0) is 24.3. The van der Waals surface area contributed by atoms with Crippen molar-refractivity contribution >= 4 is 38.8 Å². The van der Waals surface area contributed by atoms with Crippen LogP contribution in [-0.2, 0) is 10.0 Å². The number of nitrogens with zero attached hydrogens (tertiary/aromatic N) is 6. The summed E-state index contributed by atoms with van der Waals surface area (Å²) in [6, 6.07) is 19.5. The van der Waals surface area contributed by atoms with Gasteiger partial charge in [0.05, 0.1) is 16.5 Å². The lowest BCUT2D eigenvalue weighted by Crippen LogP contribution is -2.49. The van der Waals surface area contributed by atoms with Crippen LogP contribution in [0.15, 0.2) is 77.1 Å². The Kier molecular flexibility index (Phi) is 6.41. The molecule has 0 aliphatic carbocycles. The van der Waals surface area contributed by atoms with Gasteiger partial charge in [-0.05, 0) is 36.4 Å². The lowest BCUT2D eigenvalue weighted by atomic mass is 10.2. The number of piperazine rings is 1. The van der Waals surface area contributed by atoms with Crippen LogP contribution in [0.1, 0.15) is 5.56 Å². The first-order valence-corrected chi connectivity index (χ1v) is 13.2. The van der Waals surface area contributed by atoms with Gasteiger partial charge in [0.1, 0.15) is 16.5 Å². The lowest BCUT2D eigenvalue weighted by molar-refractivity contribution is 0.382. The van der Waals surface area contributed by atoms with Gasteiger partial charge in [-0.2, -0.15) is 14.6 Å². The third-order valence-corrected chi connectivity index (χ3v) is 8.26. The Morgan fingerprint density at radius 2 is 1.71 bits per heavy atom. The van der Waals surface area contributed by atoms with Crippen LogP contribution < -0.4 is 10.2 Å². The van der Waals surface area contributed by atoms with Gasteiger partial charge in [-0.1, -0.05) is 18.2 Å². The first-order chi connectivity index (χ1) is 17.0. The number of rotatable bonds is 6. The van der Waals surface area contributed by atoms with Crippen LogP contribution in [-0.4, -0.2) is 53.9 Å². The van der Waals surface area contributed by atoms with Crippen LogP contribution in [0, 0.1) is 11.3 Å². The molecule has 176 valence electrons. The van der Waals surface area contributed by atoms with Gasteiger partial charge in [0.15, 0.2) is 0 Å². The molecule has 0 saturated carbocycles. The smallest absolute Gasteiger partial charge is 0.243 e. The lowest BCUT2D eigenvalue weighted by Gasteiger charge is -2.34. The van der Waals surface area contributed by atoms with E-state index in [9.17, 15) is 8.42 Å². The first-order valence-electron chi connectivity index (χ1n) is 10.9. The molecule has 0 atom stereocenters. The number of nitrogens with one attached hydrogen (secondary N) is 1. The Morgan fingerprint density at radius 3 is 2.37 bits per heavy atom. The summed E-state index contributed by atoms with van der Waals surface area (Å²) in [6.07, 6.45) is 1.72. The minimum atomic E-state index is -3.54. The average Bonchev–Trinajstić information content (AvgIpc) is 3.45. The molecule has 9 nitrogen and oxygen atoms in total. The Morgan fingerprint density at radius 1 is 0.971 bits per heavy atom. The second-order valence-corrected chi connectivity index (χ2v) is 10.6. The number of benzene rings is 2. The van der Waals surface area contributed by atoms with Crippen molar-refractivity contribution in [2.24, 2.45) is 0 Å². The van der Waals surface area contributed by atoms with E-state index in [-0.39, 0.29) is 0 Å². The molecule has 1 N–H and O–H groups in total. The molecular weight excluding hydrogens is 482 g/mol. The summed E-state index contributed by atoms with van der Waals surface area (Å²) in [7, 11) is -3.54. The summed E-state index contributed by atoms with van der Waals surface area (Å²) in [5, 5.41) is 15.0. The summed E-state index contributed by atoms with van der Waals surface area (Å²) in [4.78, 5) is 16.1. The molecule has 1 aliphatic heterocycles. The predicted molar refractivity (Wildman–Crippen MR) is 135 cm³/mol. The minimum Gasteiger partial charge on any atom is -0.340 e. The summed E-state index contributed by atoms with van der Waals surface area (Å²) in [6.45, 7) is 1.59. The molecule has 4 aromatic rings. The third kappa shape index (κ3) is 5.00. The molecule has 1 fully saturated rings. The molecule has 0 spiro atoms. The van der Waals surface area contributed by atoms with E-state index < -0.39 is 10.0 Å².